The van der Waals surface area contributed by atoms with Gasteiger partial charge in [-0.1, -0.05) is 12.8 Å². The summed E-state index contributed by atoms with van der Waals surface area (Å²) in [5, 5.41) is 12.2. The maximum atomic E-state index is 10.9. The van der Waals surface area contributed by atoms with E-state index in [2.05, 4.69) is 5.32 Å². The Morgan fingerprint density at radius 3 is 2.88 bits per heavy atom. The zero-order chi connectivity index (χ0) is 12.3. The van der Waals surface area contributed by atoms with Crippen LogP contribution in [0.4, 0.5) is 11.4 Å². The van der Waals surface area contributed by atoms with Crippen LogP contribution in [-0.2, 0) is 0 Å². The smallest absolute Gasteiger partial charge is 0.337 e. The summed E-state index contributed by atoms with van der Waals surface area (Å²) in [7, 11) is 0. The Morgan fingerprint density at radius 1 is 1.47 bits per heavy atom. The van der Waals surface area contributed by atoms with Crippen molar-refractivity contribution in [3.63, 3.8) is 0 Å². The van der Waals surface area contributed by atoms with Crippen LogP contribution in [0.3, 0.4) is 0 Å². The van der Waals surface area contributed by atoms with Crippen LogP contribution in [0.15, 0.2) is 18.2 Å². The van der Waals surface area contributed by atoms with Crippen LogP contribution in [0, 0.1) is 5.92 Å². The van der Waals surface area contributed by atoms with Crippen LogP contribution in [0.5, 0.6) is 0 Å². The van der Waals surface area contributed by atoms with Gasteiger partial charge < -0.3 is 16.2 Å². The van der Waals surface area contributed by atoms with Gasteiger partial charge in [-0.2, -0.15) is 0 Å². The lowest BCUT2D eigenvalue weighted by Gasteiger charge is -2.08. The molecule has 1 aromatic carbocycles. The SMILES string of the molecule is Nc1ccc(NCCCC2CC2)cc1C(=O)O. The Labute approximate surface area is 101 Å². The second-order valence-electron chi connectivity index (χ2n) is 4.62. The highest BCUT2D eigenvalue weighted by molar-refractivity contribution is 5.94. The average molecular weight is 234 g/mol. The van der Waals surface area contributed by atoms with Crippen LogP contribution in [-0.4, -0.2) is 17.6 Å². The average Bonchev–Trinajstić information content (AvgIpc) is 3.10. The van der Waals surface area contributed by atoms with Gasteiger partial charge in [-0.15, -0.1) is 0 Å². The third kappa shape index (κ3) is 3.37. The number of hydrogen-bond donors (Lipinski definition) is 3. The van der Waals surface area contributed by atoms with E-state index in [1.54, 1.807) is 12.1 Å². The molecule has 0 bridgehead atoms. The van der Waals surface area contributed by atoms with Crippen molar-refractivity contribution in [3.8, 4) is 0 Å². The summed E-state index contributed by atoms with van der Waals surface area (Å²) in [5.74, 6) is -0.0399. The van der Waals surface area contributed by atoms with Crippen molar-refractivity contribution >= 4 is 17.3 Å². The standard InChI is InChI=1S/C13H18N2O2/c14-12-6-5-10(8-11(12)13(16)17)15-7-1-2-9-3-4-9/h5-6,8-9,15H,1-4,7,14H2,(H,16,17). The number of rotatable bonds is 6. The van der Waals surface area contributed by atoms with Crippen molar-refractivity contribution in [2.75, 3.05) is 17.6 Å². The molecule has 0 aromatic heterocycles. The first-order valence-electron chi connectivity index (χ1n) is 6.03. The van der Waals surface area contributed by atoms with Crippen molar-refractivity contribution in [2.24, 2.45) is 5.92 Å². The lowest BCUT2D eigenvalue weighted by molar-refractivity contribution is 0.0698. The van der Waals surface area contributed by atoms with Crippen molar-refractivity contribution < 1.29 is 9.90 Å². The number of nitrogens with two attached hydrogens (primary N) is 1. The molecule has 2 rings (SSSR count). The first kappa shape index (κ1) is 11.8. The molecule has 0 saturated heterocycles. The molecule has 0 amide bonds. The second-order valence-corrected chi connectivity index (χ2v) is 4.62. The molecule has 0 atom stereocenters. The quantitative estimate of drug-likeness (QED) is 0.522. The van der Waals surface area contributed by atoms with E-state index in [9.17, 15) is 4.79 Å². The molecular weight excluding hydrogens is 216 g/mol. The molecule has 0 aliphatic heterocycles. The first-order valence-corrected chi connectivity index (χ1v) is 6.03. The normalized spacial score (nSPS) is 14.6. The number of carboxylic acid groups (broad SMARTS) is 1. The van der Waals surface area contributed by atoms with E-state index >= 15 is 0 Å². The maximum Gasteiger partial charge on any atom is 0.337 e. The van der Waals surface area contributed by atoms with E-state index in [4.69, 9.17) is 10.8 Å². The molecule has 4 nitrogen and oxygen atoms in total. The summed E-state index contributed by atoms with van der Waals surface area (Å²) in [5.41, 5.74) is 6.88. The Bertz CT molecular complexity index is 414. The lowest BCUT2D eigenvalue weighted by Crippen LogP contribution is -2.06. The number of benzene rings is 1. The number of nitrogens with one attached hydrogen (secondary N) is 1. The summed E-state index contributed by atoms with van der Waals surface area (Å²) in [6.07, 6.45) is 5.17. The fourth-order valence-electron chi connectivity index (χ4n) is 1.88. The summed E-state index contributed by atoms with van der Waals surface area (Å²) in [6.45, 7) is 0.888. The molecule has 92 valence electrons. The minimum absolute atomic E-state index is 0.164. The van der Waals surface area contributed by atoms with Gasteiger partial charge in [0.05, 0.1) is 5.56 Å². The minimum Gasteiger partial charge on any atom is -0.478 e. The van der Waals surface area contributed by atoms with Gasteiger partial charge in [-0.25, -0.2) is 4.79 Å². The van der Waals surface area contributed by atoms with Crippen molar-refractivity contribution in [1.29, 1.82) is 0 Å². The topological polar surface area (TPSA) is 75.3 Å². The molecular formula is C13H18N2O2. The largest absolute Gasteiger partial charge is 0.478 e. The molecule has 4 heteroatoms. The van der Waals surface area contributed by atoms with Gasteiger partial charge >= 0.3 is 5.97 Å². The minimum atomic E-state index is -0.982. The Kier molecular flexibility index (Phi) is 3.52. The highest BCUT2D eigenvalue weighted by Gasteiger charge is 2.19. The van der Waals surface area contributed by atoms with E-state index in [0.717, 1.165) is 24.6 Å². The monoisotopic (exact) mass is 234 g/mol. The van der Waals surface area contributed by atoms with Crippen LogP contribution in [0.1, 0.15) is 36.0 Å². The fraction of sp³-hybridized carbons (Fsp3) is 0.462. The molecule has 1 aliphatic carbocycles. The van der Waals surface area contributed by atoms with Gasteiger partial charge in [-0.3, -0.25) is 0 Å². The number of anilines is 2. The Morgan fingerprint density at radius 2 is 2.24 bits per heavy atom. The van der Waals surface area contributed by atoms with E-state index in [1.807, 2.05) is 6.07 Å². The van der Waals surface area contributed by atoms with E-state index in [0.29, 0.717) is 5.69 Å². The summed E-state index contributed by atoms with van der Waals surface area (Å²) < 4.78 is 0. The van der Waals surface area contributed by atoms with Crippen molar-refractivity contribution in [3.05, 3.63) is 23.8 Å². The van der Waals surface area contributed by atoms with Gasteiger partial charge in [-0.05, 0) is 37.0 Å². The summed E-state index contributed by atoms with van der Waals surface area (Å²) in [4.78, 5) is 10.9. The summed E-state index contributed by atoms with van der Waals surface area (Å²) >= 11 is 0. The van der Waals surface area contributed by atoms with Gasteiger partial charge in [0, 0.05) is 17.9 Å². The van der Waals surface area contributed by atoms with Crippen molar-refractivity contribution in [2.45, 2.75) is 25.7 Å². The molecule has 0 radical (unpaired) electrons. The van der Waals surface area contributed by atoms with E-state index in [-0.39, 0.29) is 5.56 Å². The number of carbonyl (C=O) groups is 1. The Hall–Kier alpha value is -1.71. The first-order chi connectivity index (χ1) is 8.16. The highest BCUT2D eigenvalue weighted by atomic mass is 16.4. The molecule has 0 unspecified atom stereocenters. The van der Waals surface area contributed by atoms with E-state index in [1.165, 1.54) is 19.3 Å². The fourth-order valence-corrected chi connectivity index (χ4v) is 1.88. The maximum absolute atomic E-state index is 10.9. The molecule has 17 heavy (non-hydrogen) atoms. The predicted octanol–water partition coefficient (Wildman–Crippen LogP) is 2.57. The van der Waals surface area contributed by atoms with Crippen LogP contribution in [0.2, 0.25) is 0 Å². The van der Waals surface area contributed by atoms with Gasteiger partial charge in [0.1, 0.15) is 0 Å². The third-order valence-electron chi connectivity index (χ3n) is 3.10. The van der Waals surface area contributed by atoms with Gasteiger partial charge in [0.15, 0.2) is 0 Å². The third-order valence-corrected chi connectivity index (χ3v) is 3.10. The molecule has 4 N–H and O–H groups in total. The zero-order valence-corrected chi connectivity index (χ0v) is 9.78. The molecule has 0 heterocycles. The number of nitrogen functional groups attached to an aromatic ring is 1. The number of aromatic carboxylic acids is 1. The molecule has 1 saturated carbocycles. The molecule has 1 aliphatic rings. The predicted molar refractivity (Wildman–Crippen MR) is 68.3 cm³/mol. The molecule has 1 aromatic rings. The zero-order valence-electron chi connectivity index (χ0n) is 9.78. The molecule has 1 fully saturated rings. The second kappa shape index (κ2) is 5.08. The van der Waals surface area contributed by atoms with Gasteiger partial charge in [0.2, 0.25) is 0 Å². The number of carboxylic acids is 1. The molecule has 0 spiro atoms. The van der Waals surface area contributed by atoms with Crippen LogP contribution < -0.4 is 11.1 Å². The van der Waals surface area contributed by atoms with Crippen molar-refractivity contribution in [1.82, 2.24) is 0 Å². The van der Waals surface area contributed by atoms with Crippen LogP contribution in [0.25, 0.3) is 0 Å². The highest BCUT2D eigenvalue weighted by Crippen LogP contribution is 2.33. The van der Waals surface area contributed by atoms with Gasteiger partial charge in [0.25, 0.3) is 0 Å². The Balaban J connectivity index is 1.86. The number of hydrogen-bond acceptors (Lipinski definition) is 3. The van der Waals surface area contributed by atoms with E-state index < -0.39 is 5.97 Å². The van der Waals surface area contributed by atoms with Crippen LogP contribution >= 0.6 is 0 Å². The summed E-state index contributed by atoms with van der Waals surface area (Å²) in [6, 6.07) is 5.04. The lowest BCUT2D eigenvalue weighted by atomic mass is 10.1.